The zero-order valence-corrected chi connectivity index (χ0v) is 8.56. The van der Waals surface area contributed by atoms with E-state index in [1.54, 1.807) is 0 Å². The summed E-state index contributed by atoms with van der Waals surface area (Å²) in [6.07, 6.45) is 1.85. The Kier molecular flexibility index (Phi) is 3.09. The minimum absolute atomic E-state index is 0.826. The predicted octanol–water partition coefficient (Wildman–Crippen LogP) is 1.21. The van der Waals surface area contributed by atoms with E-state index in [0.29, 0.717) is 0 Å². The predicted molar refractivity (Wildman–Crippen MR) is 60.6 cm³/mol. The van der Waals surface area contributed by atoms with E-state index < -0.39 is 0 Å². The molecule has 0 amide bonds. The maximum absolute atomic E-state index is 4.09. The van der Waals surface area contributed by atoms with Crippen molar-refractivity contribution in [2.45, 2.75) is 6.54 Å². The molecule has 4 nitrogen and oxygen atoms in total. The van der Waals surface area contributed by atoms with Gasteiger partial charge in [0, 0.05) is 13.1 Å². The molecule has 0 saturated heterocycles. The lowest BCUT2D eigenvalue weighted by Gasteiger charge is -2.02. The molecule has 0 saturated carbocycles. The van der Waals surface area contributed by atoms with E-state index in [9.17, 15) is 0 Å². The molecule has 78 valence electrons. The van der Waals surface area contributed by atoms with Gasteiger partial charge < -0.3 is 5.32 Å². The van der Waals surface area contributed by atoms with Crippen molar-refractivity contribution in [3.8, 4) is 0 Å². The van der Waals surface area contributed by atoms with Crippen LogP contribution in [0.2, 0.25) is 0 Å². The summed E-state index contributed by atoms with van der Waals surface area (Å²) in [6.45, 7) is 6.18. The molecule has 0 aliphatic rings. The molecule has 1 aromatic heterocycles. The second-order valence-electron chi connectivity index (χ2n) is 3.29. The van der Waals surface area contributed by atoms with Crippen molar-refractivity contribution in [1.29, 1.82) is 0 Å². The monoisotopic (exact) mass is 202 g/mol. The molecule has 0 unspecified atom stereocenters. The van der Waals surface area contributed by atoms with Gasteiger partial charge in [0.15, 0.2) is 0 Å². The summed E-state index contributed by atoms with van der Waals surface area (Å²) in [5.74, 6) is 0. The first-order chi connectivity index (χ1) is 7.42. The number of hydrogen-bond acceptors (Lipinski definition) is 3. The molecular formula is C11H14N4. The maximum atomic E-state index is 4.09. The van der Waals surface area contributed by atoms with Crippen LogP contribution in [0.15, 0.2) is 36.9 Å². The zero-order chi connectivity index (χ0) is 10.5. The normalized spacial score (nSPS) is 10.7. The van der Waals surface area contributed by atoms with Crippen LogP contribution in [-0.2, 0) is 6.54 Å². The molecule has 1 N–H and O–H groups in total. The van der Waals surface area contributed by atoms with Gasteiger partial charge in [-0.05, 0) is 12.1 Å². The molecule has 0 atom stereocenters. The fourth-order valence-electron chi connectivity index (χ4n) is 1.47. The van der Waals surface area contributed by atoms with E-state index in [1.807, 2.05) is 35.0 Å². The summed E-state index contributed by atoms with van der Waals surface area (Å²) in [5.41, 5.74) is 2.03. The van der Waals surface area contributed by atoms with Crippen LogP contribution in [0.5, 0.6) is 0 Å². The van der Waals surface area contributed by atoms with Crippen molar-refractivity contribution in [3.05, 3.63) is 36.9 Å². The van der Waals surface area contributed by atoms with Crippen LogP contribution in [0.3, 0.4) is 0 Å². The molecule has 4 heteroatoms. The average molecular weight is 202 g/mol. The number of para-hydroxylation sites is 1. The molecule has 0 bridgehead atoms. The highest BCUT2D eigenvalue weighted by Gasteiger charge is 2.01. The first kappa shape index (κ1) is 9.86. The van der Waals surface area contributed by atoms with E-state index in [-0.39, 0.29) is 0 Å². The van der Waals surface area contributed by atoms with E-state index in [1.165, 1.54) is 0 Å². The lowest BCUT2D eigenvalue weighted by molar-refractivity contribution is 0.569. The largest absolute Gasteiger partial charge is 0.311 e. The SMILES string of the molecule is C=CCNCCn1nnc2ccccc21. The number of nitrogens with zero attached hydrogens (tertiary/aromatic N) is 3. The maximum Gasteiger partial charge on any atom is 0.113 e. The van der Waals surface area contributed by atoms with Gasteiger partial charge in [-0.15, -0.1) is 11.7 Å². The molecule has 0 aliphatic carbocycles. The quantitative estimate of drug-likeness (QED) is 0.585. The molecule has 0 fully saturated rings. The Morgan fingerprint density at radius 3 is 3.13 bits per heavy atom. The molecule has 2 rings (SSSR count). The lowest BCUT2D eigenvalue weighted by atomic mass is 10.3. The van der Waals surface area contributed by atoms with E-state index >= 15 is 0 Å². The van der Waals surface area contributed by atoms with Crippen molar-refractivity contribution < 1.29 is 0 Å². The van der Waals surface area contributed by atoms with Gasteiger partial charge >= 0.3 is 0 Å². The fraction of sp³-hybridized carbons (Fsp3) is 0.273. The Morgan fingerprint density at radius 1 is 1.40 bits per heavy atom. The van der Waals surface area contributed by atoms with Crippen molar-refractivity contribution in [2.24, 2.45) is 0 Å². The molecule has 15 heavy (non-hydrogen) atoms. The van der Waals surface area contributed by atoms with Crippen LogP contribution in [0.4, 0.5) is 0 Å². The van der Waals surface area contributed by atoms with Gasteiger partial charge in [0.2, 0.25) is 0 Å². The van der Waals surface area contributed by atoms with Crippen molar-refractivity contribution in [2.75, 3.05) is 13.1 Å². The van der Waals surface area contributed by atoms with Gasteiger partial charge in [0.05, 0.1) is 12.1 Å². The lowest BCUT2D eigenvalue weighted by Crippen LogP contribution is -2.20. The summed E-state index contributed by atoms with van der Waals surface area (Å²) in [5, 5.41) is 11.4. The topological polar surface area (TPSA) is 42.7 Å². The standard InChI is InChI=1S/C11H14N4/c1-2-7-12-8-9-15-11-6-4-3-5-10(11)13-14-15/h2-6,12H,1,7-9H2. The van der Waals surface area contributed by atoms with Gasteiger partial charge in [-0.2, -0.15) is 0 Å². The van der Waals surface area contributed by atoms with Gasteiger partial charge in [-0.1, -0.05) is 23.4 Å². The second kappa shape index (κ2) is 4.70. The summed E-state index contributed by atoms with van der Waals surface area (Å²) in [7, 11) is 0. The number of aromatic nitrogens is 3. The van der Waals surface area contributed by atoms with Crippen molar-refractivity contribution in [3.63, 3.8) is 0 Å². The third kappa shape index (κ3) is 2.22. The first-order valence-electron chi connectivity index (χ1n) is 5.01. The highest BCUT2D eigenvalue weighted by atomic mass is 15.4. The Morgan fingerprint density at radius 2 is 2.27 bits per heavy atom. The molecule has 0 spiro atoms. The molecule has 0 aliphatic heterocycles. The second-order valence-corrected chi connectivity index (χ2v) is 3.29. The highest BCUT2D eigenvalue weighted by Crippen LogP contribution is 2.08. The molecule has 0 radical (unpaired) electrons. The summed E-state index contributed by atoms with van der Waals surface area (Å²) >= 11 is 0. The molecule has 1 heterocycles. The van der Waals surface area contributed by atoms with E-state index in [4.69, 9.17) is 0 Å². The van der Waals surface area contributed by atoms with Crippen LogP contribution < -0.4 is 5.32 Å². The van der Waals surface area contributed by atoms with Crippen LogP contribution >= 0.6 is 0 Å². The van der Waals surface area contributed by atoms with Gasteiger partial charge in [0.1, 0.15) is 5.52 Å². The smallest absolute Gasteiger partial charge is 0.113 e. The minimum atomic E-state index is 0.826. The number of rotatable bonds is 5. The van der Waals surface area contributed by atoms with Crippen molar-refractivity contribution >= 4 is 11.0 Å². The van der Waals surface area contributed by atoms with E-state index in [0.717, 1.165) is 30.7 Å². The Hall–Kier alpha value is -1.68. The van der Waals surface area contributed by atoms with Crippen LogP contribution in [0.1, 0.15) is 0 Å². The van der Waals surface area contributed by atoms with Crippen LogP contribution in [-0.4, -0.2) is 28.1 Å². The summed E-state index contributed by atoms with van der Waals surface area (Å²) < 4.78 is 1.91. The Bertz CT molecular complexity index is 447. The number of nitrogens with one attached hydrogen (secondary N) is 1. The highest BCUT2D eigenvalue weighted by molar-refractivity contribution is 5.73. The van der Waals surface area contributed by atoms with Gasteiger partial charge in [-0.3, -0.25) is 0 Å². The number of hydrogen-bond donors (Lipinski definition) is 1. The van der Waals surface area contributed by atoms with Gasteiger partial charge in [-0.25, -0.2) is 4.68 Å². The third-order valence-electron chi connectivity index (χ3n) is 2.21. The molecule has 1 aromatic carbocycles. The van der Waals surface area contributed by atoms with Crippen LogP contribution in [0, 0.1) is 0 Å². The van der Waals surface area contributed by atoms with Gasteiger partial charge in [0.25, 0.3) is 0 Å². The van der Waals surface area contributed by atoms with E-state index in [2.05, 4.69) is 22.2 Å². The number of benzene rings is 1. The molecular weight excluding hydrogens is 188 g/mol. The zero-order valence-electron chi connectivity index (χ0n) is 8.56. The molecule has 2 aromatic rings. The Balaban J connectivity index is 2.05. The average Bonchev–Trinajstić information content (AvgIpc) is 2.68. The first-order valence-corrected chi connectivity index (χ1v) is 5.01. The Labute approximate surface area is 88.6 Å². The summed E-state index contributed by atoms with van der Waals surface area (Å²) in [6, 6.07) is 7.97. The van der Waals surface area contributed by atoms with Crippen molar-refractivity contribution in [1.82, 2.24) is 20.3 Å². The van der Waals surface area contributed by atoms with Crippen LogP contribution in [0.25, 0.3) is 11.0 Å². The summed E-state index contributed by atoms with van der Waals surface area (Å²) in [4.78, 5) is 0. The number of fused-ring (bicyclic) bond motifs is 1. The minimum Gasteiger partial charge on any atom is -0.311 e. The fourth-order valence-corrected chi connectivity index (χ4v) is 1.47. The third-order valence-corrected chi connectivity index (χ3v) is 2.21.